The molecule has 0 aliphatic carbocycles. The van der Waals surface area contributed by atoms with E-state index in [1.807, 2.05) is 6.07 Å². The Bertz CT molecular complexity index is 924. The normalized spacial score (nSPS) is 16.2. The van der Waals surface area contributed by atoms with Crippen LogP contribution in [0.2, 0.25) is 0 Å². The van der Waals surface area contributed by atoms with Gasteiger partial charge in [0.1, 0.15) is 6.54 Å². The number of carboxylic acids is 1. The minimum absolute atomic E-state index is 0.193. The van der Waals surface area contributed by atoms with Crippen molar-refractivity contribution in [1.29, 1.82) is 0 Å². The fraction of sp³-hybridized carbons (Fsp3) is 0.333. The number of benzene rings is 1. The lowest BCUT2D eigenvalue weighted by molar-refractivity contribution is -0.148. The van der Waals surface area contributed by atoms with Crippen molar-refractivity contribution in [2.24, 2.45) is 0 Å². The molecule has 3 rings (SSSR count). The lowest BCUT2D eigenvalue weighted by Crippen LogP contribution is -2.50. The molecule has 1 amide bonds. The van der Waals surface area contributed by atoms with Crippen LogP contribution in [-0.2, 0) is 21.5 Å². The van der Waals surface area contributed by atoms with Gasteiger partial charge in [-0.15, -0.1) is 0 Å². The number of hydrogen-bond acceptors (Lipinski definition) is 4. The zero-order chi connectivity index (χ0) is 18.7. The van der Waals surface area contributed by atoms with Gasteiger partial charge in [-0.2, -0.15) is 0 Å². The number of carbonyl (C=O) groups is 2. The number of aliphatic carboxylic acids is 1. The van der Waals surface area contributed by atoms with E-state index in [1.54, 1.807) is 29.2 Å². The van der Waals surface area contributed by atoms with E-state index in [9.17, 15) is 24.3 Å². The summed E-state index contributed by atoms with van der Waals surface area (Å²) in [6.45, 7) is 0.386. The number of piperidine rings is 1. The third-order valence-corrected chi connectivity index (χ3v) is 4.91. The third-order valence-electron chi connectivity index (χ3n) is 4.91. The van der Waals surface area contributed by atoms with Gasteiger partial charge in [-0.3, -0.25) is 23.9 Å². The molecule has 1 aliphatic rings. The van der Waals surface area contributed by atoms with Gasteiger partial charge in [-0.25, -0.2) is 4.79 Å². The molecule has 2 heterocycles. The van der Waals surface area contributed by atoms with E-state index in [-0.39, 0.29) is 25.5 Å². The van der Waals surface area contributed by atoms with Crippen LogP contribution in [0.4, 0.5) is 0 Å². The average molecular weight is 357 g/mol. The van der Waals surface area contributed by atoms with Gasteiger partial charge < -0.3 is 10.0 Å². The second kappa shape index (κ2) is 6.99. The SMILES string of the molecule is O=C(Cn1ccc(=O)[nH]c1=O)N1CCC(C(=O)O)(c2ccccc2)CC1. The number of likely N-dealkylation sites (tertiary alicyclic amines) is 1. The Kier molecular flexibility index (Phi) is 4.75. The van der Waals surface area contributed by atoms with Crippen LogP contribution in [-0.4, -0.2) is 44.5 Å². The molecule has 136 valence electrons. The Morgan fingerprint density at radius 3 is 2.31 bits per heavy atom. The molecule has 1 fully saturated rings. The van der Waals surface area contributed by atoms with Crippen LogP contribution in [0.5, 0.6) is 0 Å². The first-order chi connectivity index (χ1) is 12.4. The molecule has 1 aromatic carbocycles. The molecule has 1 aliphatic heterocycles. The summed E-state index contributed by atoms with van der Waals surface area (Å²) < 4.78 is 1.12. The third kappa shape index (κ3) is 3.30. The molecule has 1 saturated heterocycles. The summed E-state index contributed by atoms with van der Waals surface area (Å²) in [4.78, 5) is 50.8. The van der Waals surface area contributed by atoms with Crippen molar-refractivity contribution >= 4 is 11.9 Å². The molecule has 8 nitrogen and oxygen atoms in total. The Morgan fingerprint density at radius 2 is 1.73 bits per heavy atom. The van der Waals surface area contributed by atoms with Gasteiger partial charge in [0.05, 0.1) is 5.41 Å². The van der Waals surface area contributed by atoms with Crippen LogP contribution in [0.25, 0.3) is 0 Å². The fourth-order valence-corrected chi connectivity index (χ4v) is 3.34. The summed E-state index contributed by atoms with van der Waals surface area (Å²) in [6.07, 6.45) is 1.88. The minimum atomic E-state index is -1.01. The highest BCUT2D eigenvalue weighted by atomic mass is 16.4. The standard InChI is InChI=1S/C18H19N3O5/c22-14-6-9-21(17(26)19-14)12-15(23)20-10-7-18(8-11-20,16(24)25)13-4-2-1-3-5-13/h1-6,9H,7-8,10-12H2,(H,24,25)(H,19,22,26). The number of aromatic amines is 1. The zero-order valence-electron chi connectivity index (χ0n) is 14.1. The second-order valence-electron chi connectivity index (χ2n) is 6.37. The van der Waals surface area contributed by atoms with Crippen LogP contribution in [0, 0.1) is 0 Å². The number of hydrogen-bond donors (Lipinski definition) is 2. The predicted octanol–water partition coefficient (Wildman–Crippen LogP) is 0.182. The Balaban J connectivity index is 1.72. The molecule has 8 heteroatoms. The van der Waals surface area contributed by atoms with Crippen molar-refractivity contribution in [3.05, 3.63) is 69.0 Å². The monoisotopic (exact) mass is 357 g/mol. The quantitative estimate of drug-likeness (QED) is 0.811. The first-order valence-corrected chi connectivity index (χ1v) is 8.29. The molecule has 0 radical (unpaired) electrons. The summed E-state index contributed by atoms with van der Waals surface area (Å²) in [5, 5.41) is 9.78. The van der Waals surface area contributed by atoms with Crippen molar-refractivity contribution < 1.29 is 14.7 Å². The van der Waals surface area contributed by atoms with E-state index >= 15 is 0 Å². The van der Waals surface area contributed by atoms with Gasteiger partial charge in [0.15, 0.2) is 0 Å². The number of nitrogens with zero attached hydrogens (tertiary/aromatic N) is 2. The molecule has 2 N–H and O–H groups in total. The molecular weight excluding hydrogens is 338 g/mol. The van der Waals surface area contributed by atoms with Crippen molar-refractivity contribution in [1.82, 2.24) is 14.5 Å². The van der Waals surface area contributed by atoms with Gasteiger partial charge in [0.25, 0.3) is 5.56 Å². The number of amides is 1. The first kappa shape index (κ1) is 17.7. The summed E-state index contributed by atoms with van der Waals surface area (Å²) >= 11 is 0. The Morgan fingerprint density at radius 1 is 1.08 bits per heavy atom. The summed E-state index contributed by atoms with van der Waals surface area (Å²) in [5.41, 5.74) is -1.44. The predicted molar refractivity (Wildman–Crippen MR) is 92.9 cm³/mol. The Labute approximate surface area is 148 Å². The van der Waals surface area contributed by atoms with Crippen molar-refractivity contribution in [3.63, 3.8) is 0 Å². The van der Waals surface area contributed by atoms with Crippen LogP contribution < -0.4 is 11.2 Å². The smallest absolute Gasteiger partial charge is 0.328 e. The van der Waals surface area contributed by atoms with Crippen molar-refractivity contribution in [2.75, 3.05) is 13.1 Å². The topological polar surface area (TPSA) is 112 Å². The minimum Gasteiger partial charge on any atom is -0.481 e. The highest BCUT2D eigenvalue weighted by molar-refractivity contribution is 5.82. The number of carboxylic acid groups (broad SMARTS) is 1. The van der Waals surface area contributed by atoms with E-state index in [0.29, 0.717) is 12.8 Å². The molecule has 1 aromatic heterocycles. The van der Waals surface area contributed by atoms with E-state index < -0.39 is 22.6 Å². The molecule has 26 heavy (non-hydrogen) atoms. The second-order valence-corrected chi connectivity index (χ2v) is 6.37. The van der Waals surface area contributed by atoms with Gasteiger partial charge in [0, 0.05) is 25.4 Å². The zero-order valence-corrected chi connectivity index (χ0v) is 14.1. The van der Waals surface area contributed by atoms with E-state index in [1.165, 1.54) is 12.3 Å². The van der Waals surface area contributed by atoms with Crippen LogP contribution in [0.15, 0.2) is 52.2 Å². The highest BCUT2D eigenvalue weighted by Gasteiger charge is 2.43. The van der Waals surface area contributed by atoms with Crippen LogP contribution in [0.1, 0.15) is 18.4 Å². The maximum absolute atomic E-state index is 12.4. The largest absolute Gasteiger partial charge is 0.481 e. The van der Waals surface area contributed by atoms with Crippen LogP contribution >= 0.6 is 0 Å². The molecule has 0 saturated carbocycles. The maximum atomic E-state index is 12.4. The Hall–Kier alpha value is -3.16. The van der Waals surface area contributed by atoms with E-state index in [0.717, 1.165) is 10.1 Å². The molecule has 0 atom stereocenters. The van der Waals surface area contributed by atoms with E-state index in [4.69, 9.17) is 0 Å². The lowest BCUT2D eigenvalue weighted by atomic mass is 9.73. The summed E-state index contributed by atoms with van der Waals surface area (Å²) in [5.74, 6) is -1.18. The number of aromatic nitrogens is 2. The number of rotatable bonds is 4. The van der Waals surface area contributed by atoms with Crippen molar-refractivity contribution in [2.45, 2.75) is 24.8 Å². The lowest BCUT2D eigenvalue weighted by Gasteiger charge is -2.39. The molecule has 0 unspecified atom stereocenters. The number of nitrogens with one attached hydrogen (secondary N) is 1. The average Bonchev–Trinajstić information content (AvgIpc) is 2.64. The van der Waals surface area contributed by atoms with Gasteiger partial charge in [-0.1, -0.05) is 30.3 Å². The fourth-order valence-electron chi connectivity index (χ4n) is 3.34. The maximum Gasteiger partial charge on any atom is 0.328 e. The summed E-state index contributed by atoms with van der Waals surface area (Å²) in [7, 11) is 0. The first-order valence-electron chi connectivity index (χ1n) is 8.29. The van der Waals surface area contributed by atoms with Crippen LogP contribution in [0.3, 0.4) is 0 Å². The van der Waals surface area contributed by atoms with Crippen molar-refractivity contribution in [3.8, 4) is 0 Å². The number of H-pyrrole nitrogens is 1. The van der Waals surface area contributed by atoms with E-state index in [2.05, 4.69) is 4.98 Å². The van der Waals surface area contributed by atoms with Gasteiger partial charge in [-0.05, 0) is 18.4 Å². The number of carbonyl (C=O) groups excluding carboxylic acids is 1. The molecule has 2 aromatic rings. The molecule has 0 spiro atoms. The molecular formula is C18H19N3O5. The van der Waals surface area contributed by atoms with Gasteiger partial charge >= 0.3 is 11.7 Å². The van der Waals surface area contributed by atoms with Gasteiger partial charge in [0.2, 0.25) is 5.91 Å². The summed E-state index contributed by atoms with van der Waals surface area (Å²) in [6, 6.07) is 10.2. The highest BCUT2D eigenvalue weighted by Crippen LogP contribution is 2.35. The molecule has 0 bridgehead atoms.